The van der Waals surface area contributed by atoms with Crippen LogP contribution in [0.1, 0.15) is 135 Å². The van der Waals surface area contributed by atoms with E-state index >= 15 is 0 Å². The molecule has 0 N–H and O–H groups in total. The van der Waals surface area contributed by atoms with Crippen LogP contribution < -0.4 is 0 Å². The number of rotatable bonds is 18. The third-order valence-corrected chi connectivity index (χ3v) is 7.78. The number of aryl methyl sites for hydroxylation is 1. The second-order valence-electron chi connectivity index (χ2n) is 11.4. The van der Waals surface area contributed by atoms with Crippen molar-refractivity contribution in [3.05, 3.63) is 58.5 Å². The topological polar surface area (TPSA) is 69.4 Å². The Kier molecular flexibility index (Phi) is 13.4. The first-order valence-electron chi connectivity index (χ1n) is 15.6. The number of esters is 2. The smallest absolute Gasteiger partial charge is 0.347 e. The number of cyclic esters (lactones) is 2. The van der Waals surface area contributed by atoms with E-state index in [-0.39, 0.29) is 0 Å². The van der Waals surface area contributed by atoms with Crippen molar-refractivity contribution in [1.82, 2.24) is 4.98 Å². The normalized spacial score (nSPS) is 14.7. The number of oxazole rings is 1. The first-order valence-corrected chi connectivity index (χ1v) is 15.6. The Morgan fingerprint density at radius 2 is 1.20 bits per heavy atom. The number of benzene rings is 1. The predicted octanol–water partition coefficient (Wildman–Crippen LogP) is 10.1. The highest BCUT2D eigenvalue weighted by Gasteiger charge is 2.38. The van der Waals surface area contributed by atoms with E-state index in [0.29, 0.717) is 34.9 Å². The molecule has 0 amide bonds. The molecule has 2 aromatic rings. The Bertz CT molecular complexity index is 1150. The van der Waals surface area contributed by atoms with Crippen LogP contribution in [0.4, 0.5) is 0 Å². The van der Waals surface area contributed by atoms with E-state index in [4.69, 9.17) is 14.1 Å². The van der Waals surface area contributed by atoms with Gasteiger partial charge in [0, 0.05) is 5.56 Å². The van der Waals surface area contributed by atoms with Crippen molar-refractivity contribution in [2.75, 3.05) is 0 Å². The van der Waals surface area contributed by atoms with Crippen LogP contribution in [0, 0.1) is 6.92 Å². The maximum Gasteiger partial charge on any atom is 0.347 e. The molecule has 0 atom stereocenters. The van der Waals surface area contributed by atoms with E-state index in [9.17, 15) is 9.59 Å². The van der Waals surface area contributed by atoms with Crippen molar-refractivity contribution in [2.45, 2.75) is 130 Å². The van der Waals surface area contributed by atoms with Crippen LogP contribution in [-0.2, 0) is 14.3 Å². The van der Waals surface area contributed by atoms with E-state index in [1.807, 2.05) is 51.1 Å². The number of unbranched alkanes of at least 4 members (excludes halogenated alkanes) is 14. The highest BCUT2D eigenvalue weighted by Crippen LogP contribution is 2.37. The van der Waals surface area contributed by atoms with Gasteiger partial charge in [-0.2, -0.15) is 0 Å². The fourth-order valence-electron chi connectivity index (χ4n) is 5.53. The number of allylic oxidation sites excluding steroid dienone is 2. The third-order valence-electron chi connectivity index (χ3n) is 7.78. The van der Waals surface area contributed by atoms with Crippen LogP contribution in [-0.4, -0.2) is 16.9 Å². The zero-order valence-electron chi connectivity index (χ0n) is 25.3. The van der Waals surface area contributed by atoms with E-state index < -0.39 is 11.9 Å². The lowest BCUT2D eigenvalue weighted by molar-refractivity contribution is -0.149. The molecule has 0 saturated carbocycles. The second-order valence-corrected chi connectivity index (χ2v) is 11.4. The lowest BCUT2D eigenvalue weighted by Gasteiger charge is -2.10. The minimum atomic E-state index is -0.583. The molecule has 1 aromatic carbocycles. The van der Waals surface area contributed by atoms with Crippen LogP contribution in [0.25, 0.3) is 17.0 Å². The first kappa shape index (κ1) is 31.6. The molecule has 1 aliphatic heterocycles. The van der Waals surface area contributed by atoms with Gasteiger partial charge >= 0.3 is 11.9 Å². The SMILES string of the molecule is CCCCCCCCCCCCCCCCCC(=C1C(=O)OC(=O)C1=C(C)C)c1nc(-c2ccccc2)oc1C. The molecular weight excluding hydrogens is 498 g/mol. The molecule has 1 fully saturated rings. The molecule has 1 saturated heterocycles. The van der Waals surface area contributed by atoms with Crippen molar-refractivity contribution < 1.29 is 18.7 Å². The molecule has 5 heteroatoms. The van der Waals surface area contributed by atoms with Gasteiger partial charge in [-0.3, -0.25) is 0 Å². The number of ether oxygens (including phenoxy) is 1. The number of aromatic nitrogens is 1. The number of carbonyl (C=O) groups excluding carboxylic acids is 2. The maximum absolute atomic E-state index is 12.9. The molecule has 0 bridgehead atoms. The molecule has 0 unspecified atom stereocenters. The highest BCUT2D eigenvalue weighted by molar-refractivity contribution is 6.22. The zero-order chi connectivity index (χ0) is 28.7. The summed E-state index contributed by atoms with van der Waals surface area (Å²) >= 11 is 0. The van der Waals surface area contributed by atoms with Crippen molar-refractivity contribution in [1.29, 1.82) is 0 Å². The Morgan fingerprint density at radius 1 is 0.700 bits per heavy atom. The summed E-state index contributed by atoms with van der Waals surface area (Å²) in [5.74, 6) is 0.000876. The average Bonchev–Trinajstić information content (AvgIpc) is 3.47. The van der Waals surface area contributed by atoms with Gasteiger partial charge in [-0.25, -0.2) is 14.6 Å². The van der Waals surface area contributed by atoms with Gasteiger partial charge in [-0.15, -0.1) is 0 Å². The summed E-state index contributed by atoms with van der Waals surface area (Å²) in [7, 11) is 0. The minimum absolute atomic E-state index is 0.353. The van der Waals surface area contributed by atoms with Crippen molar-refractivity contribution in [2.24, 2.45) is 0 Å². The summed E-state index contributed by atoms with van der Waals surface area (Å²) in [6, 6.07) is 9.73. The molecule has 5 nitrogen and oxygen atoms in total. The summed E-state index contributed by atoms with van der Waals surface area (Å²) in [4.78, 5) is 30.2. The lowest BCUT2D eigenvalue weighted by atomic mass is 9.92. The van der Waals surface area contributed by atoms with Gasteiger partial charge in [-0.1, -0.05) is 121 Å². The molecule has 1 aliphatic rings. The minimum Gasteiger partial charge on any atom is -0.441 e. The number of hydrogen-bond acceptors (Lipinski definition) is 5. The van der Waals surface area contributed by atoms with Gasteiger partial charge in [-0.05, 0) is 51.3 Å². The summed E-state index contributed by atoms with van der Waals surface area (Å²) < 4.78 is 11.1. The number of hydrogen-bond donors (Lipinski definition) is 0. The molecule has 1 aromatic heterocycles. The van der Waals surface area contributed by atoms with Gasteiger partial charge in [0.2, 0.25) is 5.89 Å². The van der Waals surface area contributed by atoms with E-state index in [2.05, 4.69) is 6.92 Å². The number of carbonyl (C=O) groups is 2. The van der Waals surface area contributed by atoms with Crippen LogP contribution in [0.2, 0.25) is 0 Å². The average molecular weight is 548 g/mol. The van der Waals surface area contributed by atoms with Gasteiger partial charge in [0.1, 0.15) is 11.5 Å². The summed E-state index contributed by atoms with van der Waals surface area (Å²) in [5.41, 5.74) is 3.76. The van der Waals surface area contributed by atoms with Gasteiger partial charge in [0.25, 0.3) is 0 Å². The Labute approximate surface area is 241 Å². The fraction of sp³-hybridized carbons (Fsp3) is 0.571. The zero-order valence-corrected chi connectivity index (χ0v) is 25.3. The molecule has 2 heterocycles. The highest BCUT2D eigenvalue weighted by atomic mass is 16.6. The quantitative estimate of drug-likeness (QED) is 0.0803. The van der Waals surface area contributed by atoms with E-state index in [0.717, 1.165) is 29.6 Å². The Morgan fingerprint density at radius 3 is 1.73 bits per heavy atom. The van der Waals surface area contributed by atoms with Crippen molar-refractivity contribution in [3.8, 4) is 11.5 Å². The number of nitrogens with zero attached hydrogens (tertiary/aromatic N) is 1. The summed E-state index contributed by atoms with van der Waals surface area (Å²) in [6.07, 6.45) is 20.1. The van der Waals surface area contributed by atoms with Gasteiger partial charge in [0.05, 0.1) is 11.1 Å². The van der Waals surface area contributed by atoms with Crippen LogP contribution in [0.15, 0.2) is 51.5 Å². The lowest BCUT2D eigenvalue weighted by Crippen LogP contribution is -2.03. The molecule has 218 valence electrons. The van der Waals surface area contributed by atoms with Crippen LogP contribution in [0.3, 0.4) is 0 Å². The second kappa shape index (κ2) is 17.0. The summed E-state index contributed by atoms with van der Waals surface area (Å²) in [6.45, 7) is 7.82. The molecule has 0 aliphatic carbocycles. The van der Waals surface area contributed by atoms with E-state index in [1.54, 1.807) is 0 Å². The summed E-state index contributed by atoms with van der Waals surface area (Å²) in [5, 5.41) is 0. The van der Waals surface area contributed by atoms with Crippen LogP contribution in [0.5, 0.6) is 0 Å². The molecular formula is C35H49NO4. The van der Waals surface area contributed by atoms with Crippen molar-refractivity contribution >= 4 is 17.5 Å². The largest absolute Gasteiger partial charge is 0.441 e. The van der Waals surface area contributed by atoms with Crippen LogP contribution >= 0.6 is 0 Å². The first-order chi connectivity index (χ1) is 19.4. The van der Waals surface area contributed by atoms with Gasteiger partial charge in [0.15, 0.2) is 0 Å². The van der Waals surface area contributed by atoms with E-state index in [1.165, 1.54) is 83.5 Å². The molecule has 0 spiro atoms. The fourth-order valence-corrected chi connectivity index (χ4v) is 5.53. The third kappa shape index (κ3) is 9.31. The van der Waals surface area contributed by atoms with Crippen molar-refractivity contribution in [3.63, 3.8) is 0 Å². The predicted molar refractivity (Wildman–Crippen MR) is 163 cm³/mol. The monoisotopic (exact) mass is 547 g/mol. The molecule has 0 radical (unpaired) electrons. The molecule has 3 rings (SSSR count). The molecule has 40 heavy (non-hydrogen) atoms. The Balaban J connectivity index is 1.54. The Hall–Kier alpha value is -2.95. The standard InChI is InChI=1S/C35H49NO4/c1-5-6-7-8-9-10-11-12-13-14-15-16-17-18-22-25-29(31-30(26(2)3)34(37)40-35(31)38)32-27(4)39-33(36-32)28-23-20-19-21-24-28/h19-21,23-24H,5-18,22,25H2,1-4H3. The maximum atomic E-state index is 12.9. The van der Waals surface area contributed by atoms with Gasteiger partial charge < -0.3 is 9.15 Å².